The molecule has 0 saturated carbocycles. The summed E-state index contributed by atoms with van der Waals surface area (Å²) in [6.45, 7) is 0. The number of carboxylic acids is 1. The second-order valence-corrected chi connectivity index (χ2v) is 3.69. The van der Waals surface area contributed by atoms with Crippen molar-refractivity contribution in [3.63, 3.8) is 0 Å². The van der Waals surface area contributed by atoms with Crippen molar-refractivity contribution in [3.05, 3.63) is 40.4 Å². The molecule has 2 N–H and O–H groups in total. The van der Waals surface area contributed by atoms with Crippen LogP contribution >= 0.6 is 23.2 Å². The second-order valence-electron chi connectivity index (χ2n) is 2.82. The topological polar surface area (TPSA) is 66.4 Å². The van der Waals surface area contributed by atoms with Crippen LogP contribution in [0.15, 0.2) is 30.4 Å². The molecule has 6 heteroatoms. The Morgan fingerprint density at radius 2 is 1.69 bits per heavy atom. The number of aliphatic carboxylic acids is 1. The number of amides is 1. The predicted octanol–water partition coefficient (Wildman–Crippen LogP) is 2.57. The maximum atomic E-state index is 11.2. The Morgan fingerprint density at radius 3 is 2.19 bits per heavy atom. The van der Waals surface area contributed by atoms with Crippen LogP contribution in [0.4, 0.5) is 5.69 Å². The van der Waals surface area contributed by atoms with E-state index in [0.717, 1.165) is 12.2 Å². The normalized spacial score (nSPS) is 10.4. The average molecular weight is 260 g/mol. The fourth-order valence-electron chi connectivity index (χ4n) is 0.957. The Kier molecular flexibility index (Phi) is 4.34. The predicted molar refractivity (Wildman–Crippen MR) is 61.9 cm³/mol. The lowest BCUT2D eigenvalue weighted by molar-refractivity contribution is -0.131. The summed E-state index contributed by atoms with van der Waals surface area (Å²) in [6, 6.07) is 4.52. The first-order valence-corrected chi connectivity index (χ1v) is 4.91. The molecule has 0 aromatic heterocycles. The van der Waals surface area contributed by atoms with Crippen LogP contribution in [-0.4, -0.2) is 17.0 Å². The van der Waals surface area contributed by atoms with Gasteiger partial charge in [-0.15, -0.1) is 0 Å². The van der Waals surface area contributed by atoms with Crippen LogP contribution in [-0.2, 0) is 9.59 Å². The van der Waals surface area contributed by atoms with Gasteiger partial charge in [-0.2, -0.15) is 0 Å². The standard InChI is InChI=1S/C10H7Cl2NO3/c11-6-3-7(12)5-8(4-6)13-9(14)1-2-10(15)16/h1-5H,(H,13,14)(H,15,16)/b2-1-. The van der Waals surface area contributed by atoms with Crippen LogP contribution in [0, 0.1) is 0 Å². The number of hydrogen-bond donors (Lipinski definition) is 2. The first-order valence-electron chi connectivity index (χ1n) is 4.15. The minimum atomic E-state index is -1.20. The Bertz CT molecular complexity index is 437. The molecule has 0 aliphatic rings. The van der Waals surface area contributed by atoms with E-state index in [9.17, 15) is 9.59 Å². The Morgan fingerprint density at radius 1 is 1.12 bits per heavy atom. The molecule has 0 spiro atoms. The van der Waals surface area contributed by atoms with Crippen LogP contribution in [0.25, 0.3) is 0 Å². The first-order chi connectivity index (χ1) is 7.47. The molecule has 1 rings (SSSR count). The van der Waals surface area contributed by atoms with Crippen LogP contribution in [0.3, 0.4) is 0 Å². The quantitative estimate of drug-likeness (QED) is 0.821. The van der Waals surface area contributed by atoms with Crippen molar-refractivity contribution >= 4 is 40.8 Å². The molecule has 0 bridgehead atoms. The van der Waals surface area contributed by atoms with E-state index < -0.39 is 11.9 Å². The van der Waals surface area contributed by atoms with E-state index in [0.29, 0.717) is 15.7 Å². The number of hydrogen-bond acceptors (Lipinski definition) is 2. The number of carbonyl (C=O) groups is 2. The van der Waals surface area contributed by atoms with Crippen molar-refractivity contribution in [1.82, 2.24) is 0 Å². The van der Waals surface area contributed by atoms with E-state index in [2.05, 4.69) is 5.32 Å². The van der Waals surface area contributed by atoms with Crippen LogP contribution < -0.4 is 5.32 Å². The molecule has 0 atom stereocenters. The third-order valence-corrected chi connectivity index (χ3v) is 1.94. The fourth-order valence-corrected chi connectivity index (χ4v) is 1.48. The summed E-state index contributed by atoms with van der Waals surface area (Å²) in [4.78, 5) is 21.3. The zero-order valence-corrected chi connectivity index (χ0v) is 9.42. The second kappa shape index (κ2) is 5.53. The molecule has 16 heavy (non-hydrogen) atoms. The Hall–Kier alpha value is -1.52. The average Bonchev–Trinajstić information content (AvgIpc) is 2.12. The third-order valence-electron chi connectivity index (χ3n) is 1.51. The summed E-state index contributed by atoms with van der Waals surface area (Å²) in [6.07, 6.45) is 1.64. The monoisotopic (exact) mass is 259 g/mol. The number of rotatable bonds is 3. The van der Waals surface area contributed by atoms with Gasteiger partial charge in [0.05, 0.1) is 0 Å². The lowest BCUT2D eigenvalue weighted by atomic mass is 10.3. The maximum absolute atomic E-state index is 11.2. The van der Waals surface area contributed by atoms with Crippen LogP contribution in [0.2, 0.25) is 10.0 Å². The van der Waals surface area contributed by atoms with Gasteiger partial charge in [0, 0.05) is 27.9 Å². The minimum Gasteiger partial charge on any atom is -0.478 e. The van der Waals surface area contributed by atoms with Gasteiger partial charge < -0.3 is 10.4 Å². The molecule has 84 valence electrons. The highest BCUT2D eigenvalue weighted by atomic mass is 35.5. The summed E-state index contributed by atoms with van der Waals surface area (Å²) in [5.74, 6) is -1.76. The van der Waals surface area contributed by atoms with Gasteiger partial charge in [0.25, 0.3) is 0 Å². The van der Waals surface area contributed by atoms with E-state index in [4.69, 9.17) is 28.3 Å². The summed E-state index contributed by atoms with van der Waals surface area (Å²) in [7, 11) is 0. The lowest BCUT2D eigenvalue weighted by Gasteiger charge is -2.03. The van der Waals surface area contributed by atoms with Crippen molar-refractivity contribution in [2.45, 2.75) is 0 Å². The highest BCUT2D eigenvalue weighted by Crippen LogP contribution is 2.22. The number of nitrogens with one attached hydrogen (secondary N) is 1. The van der Waals surface area contributed by atoms with E-state index in [1.54, 1.807) is 0 Å². The number of carbonyl (C=O) groups excluding carboxylic acids is 1. The Labute approximate surface area is 101 Å². The highest BCUT2D eigenvalue weighted by molar-refractivity contribution is 6.35. The van der Waals surface area contributed by atoms with Gasteiger partial charge in [-0.1, -0.05) is 23.2 Å². The molecule has 0 radical (unpaired) electrons. The molecule has 1 aromatic carbocycles. The van der Waals surface area contributed by atoms with Gasteiger partial charge in [0.15, 0.2) is 0 Å². The first kappa shape index (κ1) is 12.5. The minimum absolute atomic E-state index is 0.380. The van der Waals surface area contributed by atoms with Crippen molar-refractivity contribution in [2.75, 3.05) is 5.32 Å². The summed E-state index contributed by atoms with van der Waals surface area (Å²) >= 11 is 11.4. The highest BCUT2D eigenvalue weighted by Gasteiger charge is 2.01. The van der Waals surface area contributed by atoms with Crippen molar-refractivity contribution < 1.29 is 14.7 Å². The molecule has 4 nitrogen and oxygen atoms in total. The summed E-state index contributed by atoms with van der Waals surface area (Å²) < 4.78 is 0. The number of carboxylic acid groups (broad SMARTS) is 1. The van der Waals surface area contributed by atoms with Gasteiger partial charge in [-0.3, -0.25) is 4.79 Å². The van der Waals surface area contributed by atoms with Crippen molar-refractivity contribution in [2.24, 2.45) is 0 Å². The largest absolute Gasteiger partial charge is 0.478 e. The molecule has 0 aliphatic heterocycles. The van der Waals surface area contributed by atoms with Gasteiger partial charge in [-0.05, 0) is 18.2 Å². The van der Waals surface area contributed by atoms with Gasteiger partial charge in [0.2, 0.25) is 5.91 Å². The lowest BCUT2D eigenvalue weighted by Crippen LogP contribution is -2.08. The molecule has 0 heterocycles. The zero-order valence-electron chi connectivity index (χ0n) is 7.91. The Balaban J connectivity index is 2.73. The van der Waals surface area contributed by atoms with E-state index in [1.165, 1.54) is 18.2 Å². The van der Waals surface area contributed by atoms with Crippen molar-refractivity contribution in [3.8, 4) is 0 Å². The van der Waals surface area contributed by atoms with Crippen LogP contribution in [0.1, 0.15) is 0 Å². The summed E-state index contributed by atoms with van der Waals surface area (Å²) in [5.41, 5.74) is 0.400. The van der Waals surface area contributed by atoms with Crippen LogP contribution in [0.5, 0.6) is 0 Å². The fraction of sp³-hybridized carbons (Fsp3) is 0. The van der Waals surface area contributed by atoms with E-state index >= 15 is 0 Å². The smallest absolute Gasteiger partial charge is 0.328 e. The van der Waals surface area contributed by atoms with Gasteiger partial charge in [0.1, 0.15) is 0 Å². The molecular weight excluding hydrogens is 253 g/mol. The molecule has 0 fully saturated rings. The number of anilines is 1. The molecular formula is C10H7Cl2NO3. The van der Waals surface area contributed by atoms with E-state index in [1.807, 2.05) is 0 Å². The number of halogens is 2. The molecule has 0 aliphatic carbocycles. The van der Waals surface area contributed by atoms with Crippen molar-refractivity contribution in [1.29, 1.82) is 0 Å². The van der Waals surface area contributed by atoms with E-state index in [-0.39, 0.29) is 0 Å². The third kappa shape index (κ3) is 4.33. The molecule has 1 amide bonds. The van der Waals surface area contributed by atoms with Gasteiger partial charge in [-0.25, -0.2) is 4.79 Å². The maximum Gasteiger partial charge on any atom is 0.328 e. The SMILES string of the molecule is O=C(O)/C=C\C(=O)Nc1cc(Cl)cc(Cl)c1. The number of benzene rings is 1. The molecule has 0 unspecified atom stereocenters. The molecule has 1 aromatic rings. The molecule has 0 saturated heterocycles. The zero-order chi connectivity index (χ0) is 12.1. The van der Waals surface area contributed by atoms with Gasteiger partial charge >= 0.3 is 5.97 Å². The summed E-state index contributed by atoms with van der Waals surface area (Å²) in [5, 5.41) is 11.5.